The van der Waals surface area contributed by atoms with Gasteiger partial charge in [-0.25, -0.2) is 0 Å². The van der Waals surface area contributed by atoms with Crippen molar-refractivity contribution in [3.63, 3.8) is 0 Å². The van der Waals surface area contributed by atoms with Gasteiger partial charge in [-0.2, -0.15) is 0 Å². The third-order valence-corrected chi connectivity index (χ3v) is 15.5. The molecule has 0 N–H and O–H groups in total. The van der Waals surface area contributed by atoms with Crippen LogP contribution in [0.1, 0.15) is 12.5 Å². The van der Waals surface area contributed by atoms with Gasteiger partial charge in [-0.15, -0.1) is 0 Å². The van der Waals surface area contributed by atoms with Crippen LogP contribution in [0.5, 0.6) is 0 Å². The average Bonchev–Trinajstić information content (AvgIpc) is 2.77. The molecule has 0 aliphatic carbocycles. The topological polar surface area (TPSA) is 0 Å². The number of benzene rings is 4. The van der Waals surface area contributed by atoms with Gasteiger partial charge in [0.15, 0.2) is 0 Å². The molecular formula is C27H24Ge. The van der Waals surface area contributed by atoms with Crippen molar-refractivity contribution in [3.8, 4) is 0 Å². The Labute approximate surface area is 170 Å². The van der Waals surface area contributed by atoms with Gasteiger partial charge in [0.05, 0.1) is 0 Å². The van der Waals surface area contributed by atoms with E-state index in [4.69, 9.17) is 0 Å². The Morgan fingerprint density at radius 3 is 1.14 bits per heavy atom. The second kappa shape index (κ2) is 8.04. The Morgan fingerprint density at radius 2 is 0.821 bits per heavy atom. The van der Waals surface area contributed by atoms with Crippen LogP contribution in [0.15, 0.2) is 122 Å². The van der Waals surface area contributed by atoms with Crippen LogP contribution in [0, 0.1) is 0 Å². The molecule has 0 bridgehead atoms. The zero-order valence-corrected chi connectivity index (χ0v) is 18.3. The summed E-state index contributed by atoms with van der Waals surface area (Å²) in [5.41, 5.74) is 2.30. The summed E-state index contributed by atoms with van der Waals surface area (Å²) < 4.78 is 5.78. The predicted octanol–water partition coefficient (Wildman–Crippen LogP) is 4.10. The molecule has 136 valence electrons. The van der Waals surface area contributed by atoms with Crippen molar-refractivity contribution < 1.29 is 0 Å². The van der Waals surface area contributed by atoms with Crippen molar-refractivity contribution in [2.24, 2.45) is 0 Å². The summed E-state index contributed by atoms with van der Waals surface area (Å²) >= 11 is -3.09. The van der Waals surface area contributed by atoms with E-state index >= 15 is 0 Å². The SMILES string of the molecule is C=C(C)c1cc[c]([Ge]([c]2ccccc2)([c]2ccccc2)[c]2ccccc2)cc1. The van der Waals surface area contributed by atoms with E-state index in [0.29, 0.717) is 0 Å². The Kier molecular flexibility index (Phi) is 5.32. The molecule has 0 saturated heterocycles. The molecule has 0 amide bonds. The molecule has 4 aromatic rings. The molecule has 4 rings (SSSR count). The minimum atomic E-state index is -3.09. The first kappa shape index (κ1) is 18.5. The summed E-state index contributed by atoms with van der Waals surface area (Å²) in [7, 11) is 0. The van der Waals surface area contributed by atoms with E-state index in [0.717, 1.165) is 5.57 Å². The monoisotopic (exact) mass is 422 g/mol. The van der Waals surface area contributed by atoms with E-state index in [1.54, 1.807) is 0 Å². The third kappa shape index (κ3) is 3.25. The van der Waals surface area contributed by atoms with Gasteiger partial charge in [0.1, 0.15) is 0 Å². The van der Waals surface area contributed by atoms with Crippen LogP contribution in [0.3, 0.4) is 0 Å². The van der Waals surface area contributed by atoms with Crippen LogP contribution in [-0.4, -0.2) is 13.3 Å². The fraction of sp³-hybridized carbons (Fsp3) is 0.0370. The molecule has 0 unspecified atom stereocenters. The van der Waals surface area contributed by atoms with E-state index in [2.05, 4.69) is 129 Å². The molecule has 0 fully saturated rings. The molecule has 4 aromatic carbocycles. The maximum atomic E-state index is 4.11. The zero-order valence-electron chi connectivity index (χ0n) is 16.2. The number of allylic oxidation sites excluding steroid dienone is 1. The Balaban J connectivity index is 2.08. The van der Waals surface area contributed by atoms with E-state index in [1.165, 1.54) is 23.1 Å². The summed E-state index contributed by atoms with van der Waals surface area (Å²) in [6.07, 6.45) is 0. The van der Waals surface area contributed by atoms with E-state index < -0.39 is 13.3 Å². The van der Waals surface area contributed by atoms with Gasteiger partial charge in [0.2, 0.25) is 0 Å². The second-order valence-electron chi connectivity index (χ2n) is 7.21. The summed E-state index contributed by atoms with van der Waals surface area (Å²) in [5, 5.41) is 0. The van der Waals surface area contributed by atoms with Gasteiger partial charge in [0, 0.05) is 0 Å². The molecule has 0 aromatic heterocycles. The molecule has 1 heteroatoms. The predicted molar refractivity (Wildman–Crippen MR) is 125 cm³/mol. The fourth-order valence-electron chi connectivity index (χ4n) is 4.07. The molecule has 0 nitrogen and oxygen atoms in total. The molecule has 0 radical (unpaired) electrons. The normalized spacial score (nSPS) is 11.2. The summed E-state index contributed by atoms with van der Waals surface area (Å²) in [4.78, 5) is 0. The van der Waals surface area contributed by atoms with Gasteiger partial charge >= 0.3 is 171 Å². The Hall–Kier alpha value is -2.84. The van der Waals surface area contributed by atoms with Crippen molar-refractivity contribution >= 4 is 36.4 Å². The van der Waals surface area contributed by atoms with E-state index in [-0.39, 0.29) is 0 Å². The molecule has 0 heterocycles. The summed E-state index contributed by atoms with van der Waals surface area (Å²) in [6.45, 7) is 6.17. The summed E-state index contributed by atoms with van der Waals surface area (Å²) in [5.74, 6) is 0. The van der Waals surface area contributed by atoms with Crippen molar-refractivity contribution in [2.45, 2.75) is 6.92 Å². The quantitative estimate of drug-likeness (QED) is 0.426. The van der Waals surface area contributed by atoms with Gasteiger partial charge < -0.3 is 0 Å². The molecular weight excluding hydrogens is 397 g/mol. The molecule has 0 aliphatic heterocycles. The van der Waals surface area contributed by atoms with Crippen LogP contribution in [-0.2, 0) is 0 Å². The van der Waals surface area contributed by atoms with Crippen LogP contribution in [0.25, 0.3) is 5.57 Å². The first-order valence-corrected chi connectivity index (χ1v) is 13.9. The molecule has 0 atom stereocenters. The maximum absolute atomic E-state index is 4.11. The van der Waals surface area contributed by atoms with Crippen molar-refractivity contribution in [3.05, 3.63) is 127 Å². The molecule has 0 spiro atoms. The van der Waals surface area contributed by atoms with Crippen LogP contribution in [0.2, 0.25) is 0 Å². The number of hydrogen-bond donors (Lipinski definition) is 0. The van der Waals surface area contributed by atoms with Crippen LogP contribution in [0.4, 0.5) is 0 Å². The van der Waals surface area contributed by atoms with E-state index in [9.17, 15) is 0 Å². The van der Waals surface area contributed by atoms with Gasteiger partial charge in [-0.3, -0.25) is 0 Å². The van der Waals surface area contributed by atoms with Gasteiger partial charge in [-0.1, -0.05) is 0 Å². The minimum absolute atomic E-state index is 1.10. The first-order valence-electron chi connectivity index (χ1n) is 9.66. The molecule has 0 aliphatic rings. The number of hydrogen-bond acceptors (Lipinski definition) is 0. The van der Waals surface area contributed by atoms with Gasteiger partial charge in [0.25, 0.3) is 0 Å². The van der Waals surface area contributed by atoms with Crippen LogP contribution < -0.4 is 17.6 Å². The first-order chi connectivity index (χ1) is 13.7. The third-order valence-electron chi connectivity index (χ3n) is 5.43. The van der Waals surface area contributed by atoms with Crippen molar-refractivity contribution in [1.82, 2.24) is 0 Å². The second-order valence-corrected chi connectivity index (χ2v) is 15.2. The van der Waals surface area contributed by atoms with Crippen LogP contribution >= 0.6 is 0 Å². The van der Waals surface area contributed by atoms with E-state index in [1.807, 2.05) is 0 Å². The Morgan fingerprint density at radius 1 is 0.500 bits per heavy atom. The molecule has 0 saturated carbocycles. The summed E-state index contributed by atoms with van der Waals surface area (Å²) in [6, 6.07) is 42.3. The number of rotatable bonds is 5. The standard InChI is InChI=1S/C27H24Ge/c1-22(2)23-18-20-27(21-19-23)28(24-12-6-3-7-13-24,25-14-8-4-9-15-25)26-16-10-5-11-17-26/h3-21H,1H2,2H3. The average molecular weight is 421 g/mol. The Bertz CT molecular complexity index is 953. The van der Waals surface area contributed by atoms with Gasteiger partial charge in [-0.05, 0) is 0 Å². The fourth-order valence-corrected chi connectivity index (χ4v) is 14.0. The van der Waals surface area contributed by atoms with Crippen molar-refractivity contribution in [1.29, 1.82) is 0 Å². The van der Waals surface area contributed by atoms with Crippen molar-refractivity contribution in [2.75, 3.05) is 0 Å². The zero-order chi connectivity index (χ0) is 19.4. The molecule has 28 heavy (non-hydrogen) atoms.